The number of fused-ring (bicyclic) bond motifs is 1. The largest absolute Gasteiger partial charge is 0.329 e. The van der Waals surface area contributed by atoms with Gasteiger partial charge >= 0.3 is 0 Å². The van der Waals surface area contributed by atoms with Crippen LogP contribution in [0.2, 0.25) is 0 Å². The molecule has 29 heavy (non-hydrogen) atoms. The molecule has 0 aliphatic rings. The summed E-state index contributed by atoms with van der Waals surface area (Å²) in [6.07, 6.45) is 18.0. The average Bonchev–Trinajstić information content (AvgIpc) is 3.12. The first-order chi connectivity index (χ1) is 14.2. The van der Waals surface area contributed by atoms with Crippen molar-refractivity contribution in [2.75, 3.05) is 19.6 Å². The van der Waals surface area contributed by atoms with Crippen LogP contribution >= 0.6 is 0 Å². The van der Waals surface area contributed by atoms with Crippen molar-refractivity contribution in [2.45, 2.75) is 97.4 Å². The van der Waals surface area contributed by atoms with Crippen molar-refractivity contribution in [3.05, 3.63) is 30.3 Å². The van der Waals surface area contributed by atoms with E-state index >= 15 is 0 Å². The lowest BCUT2D eigenvalue weighted by Crippen LogP contribution is -2.29. The van der Waals surface area contributed by atoms with E-state index in [-0.39, 0.29) is 5.82 Å². The van der Waals surface area contributed by atoms with E-state index in [9.17, 15) is 4.39 Å². The Morgan fingerprint density at radius 1 is 0.793 bits per heavy atom. The van der Waals surface area contributed by atoms with E-state index < -0.39 is 0 Å². The molecule has 4 heteroatoms. The van der Waals surface area contributed by atoms with Crippen molar-refractivity contribution in [3.8, 4) is 0 Å². The van der Waals surface area contributed by atoms with E-state index in [1.165, 1.54) is 102 Å². The highest BCUT2D eigenvalue weighted by Gasteiger charge is 2.08. The Morgan fingerprint density at radius 2 is 1.38 bits per heavy atom. The van der Waals surface area contributed by atoms with E-state index in [0.29, 0.717) is 0 Å². The normalized spacial score (nSPS) is 11.7. The van der Waals surface area contributed by atoms with Crippen LogP contribution in [0.4, 0.5) is 4.39 Å². The van der Waals surface area contributed by atoms with Gasteiger partial charge in [-0.25, -0.2) is 9.37 Å². The highest BCUT2D eigenvalue weighted by molar-refractivity contribution is 5.75. The highest BCUT2D eigenvalue weighted by Crippen LogP contribution is 2.15. The summed E-state index contributed by atoms with van der Waals surface area (Å²) in [5.41, 5.74) is 1.79. The van der Waals surface area contributed by atoms with Gasteiger partial charge in [0.2, 0.25) is 0 Å². The number of nitrogens with zero attached hydrogens (tertiary/aromatic N) is 3. The molecule has 1 aromatic carbocycles. The van der Waals surface area contributed by atoms with E-state index in [0.717, 1.165) is 24.1 Å². The molecule has 164 valence electrons. The van der Waals surface area contributed by atoms with Crippen LogP contribution in [-0.4, -0.2) is 34.1 Å². The number of hydrogen-bond acceptors (Lipinski definition) is 2. The number of rotatable bonds is 17. The maximum absolute atomic E-state index is 13.4. The molecular weight excluding hydrogens is 361 g/mol. The van der Waals surface area contributed by atoms with E-state index in [1.54, 1.807) is 0 Å². The molecule has 0 radical (unpaired) electrons. The van der Waals surface area contributed by atoms with Gasteiger partial charge < -0.3 is 9.47 Å². The molecule has 3 nitrogen and oxygen atoms in total. The highest BCUT2D eigenvalue weighted by atomic mass is 19.1. The maximum Gasteiger partial charge on any atom is 0.125 e. The summed E-state index contributed by atoms with van der Waals surface area (Å²) in [6, 6.07) is 4.91. The summed E-state index contributed by atoms with van der Waals surface area (Å²) in [5.74, 6) is -0.212. The monoisotopic (exact) mass is 403 g/mol. The van der Waals surface area contributed by atoms with Crippen LogP contribution in [0.1, 0.15) is 90.9 Å². The zero-order valence-corrected chi connectivity index (χ0v) is 18.8. The fourth-order valence-electron chi connectivity index (χ4n) is 4.03. The molecule has 1 aromatic heterocycles. The third-order valence-corrected chi connectivity index (χ3v) is 5.90. The minimum absolute atomic E-state index is 0.212. The van der Waals surface area contributed by atoms with Gasteiger partial charge in [0.25, 0.3) is 0 Å². The predicted molar refractivity (Wildman–Crippen MR) is 123 cm³/mol. The summed E-state index contributed by atoms with van der Waals surface area (Å²) in [4.78, 5) is 7.00. The predicted octanol–water partition coefficient (Wildman–Crippen LogP) is 7.20. The van der Waals surface area contributed by atoms with E-state index in [4.69, 9.17) is 0 Å². The van der Waals surface area contributed by atoms with Gasteiger partial charge in [0, 0.05) is 19.2 Å². The second-order valence-corrected chi connectivity index (χ2v) is 8.45. The third kappa shape index (κ3) is 9.29. The molecule has 0 fully saturated rings. The molecule has 0 amide bonds. The van der Waals surface area contributed by atoms with Gasteiger partial charge in [-0.15, -0.1) is 0 Å². The average molecular weight is 404 g/mol. The van der Waals surface area contributed by atoms with Crippen LogP contribution < -0.4 is 0 Å². The lowest BCUT2D eigenvalue weighted by atomic mass is 10.1. The summed E-state index contributed by atoms with van der Waals surface area (Å²) in [6.45, 7) is 8.91. The number of hydrogen-bond donors (Lipinski definition) is 0. The smallest absolute Gasteiger partial charge is 0.125 e. The first-order valence-corrected chi connectivity index (χ1v) is 12.1. The molecule has 1 heterocycles. The molecular formula is C25H42FN3. The molecule has 0 bridgehead atoms. The Hall–Kier alpha value is -1.42. The van der Waals surface area contributed by atoms with Crippen LogP contribution in [0.5, 0.6) is 0 Å². The van der Waals surface area contributed by atoms with Crippen LogP contribution in [0.25, 0.3) is 11.0 Å². The second kappa shape index (κ2) is 14.5. The molecule has 2 rings (SSSR count). The molecule has 0 N–H and O–H groups in total. The van der Waals surface area contributed by atoms with Crippen LogP contribution in [0, 0.1) is 5.82 Å². The van der Waals surface area contributed by atoms with Crippen LogP contribution in [0.3, 0.4) is 0 Å². The molecule has 0 unspecified atom stereocenters. The Labute approximate surface area is 177 Å². The zero-order valence-electron chi connectivity index (χ0n) is 18.8. The van der Waals surface area contributed by atoms with E-state index in [1.807, 2.05) is 12.4 Å². The van der Waals surface area contributed by atoms with Gasteiger partial charge in [0.1, 0.15) is 5.82 Å². The molecule has 0 saturated carbocycles. The quantitative estimate of drug-likeness (QED) is 0.260. The number of benzene rings is 1. The SMILES string of the molecule is CCCCCCCCN(CCCCCCCC)CCn1cnc2cc(F)ccc21. The van der Waals surface area contributed by atoms with Crippen molar-refractivity contribution in [3.63, 3.8) is 0 Å². The Balaban J connectivity index is 1.79. The van der Waals surface area contributed by atoms with Crippen molar-refractivity contribution in [1.29, 1.82) is 0 Å². The second-order valence-electron chi connectivity index (χ2n) is 8.45. The van der Waals surface area contributed by atoms with Gasteiger partial charge in [-0.05, 0) is 38.1 Å². The first kappa shape index (κ1) is 23.9. The first-order valence-electron chi connectivity index (χ1n) is 12.1. The molecule has 0 aliphatic heterocycles. The van der Waals surface area contributed by atoms with Crippen molar-refractivity contribution < 1.29 is 4.39 Å². The number of imidazole rings is 1. The van der Waals surface area contributed by atoms with Gasteiger partial charge in [-0.1, -0.05) is 78.1 Å². The zero-order chi connectivity index (χ0) is 20.7. The summed E-state index contributed by atoms with van der Waals surface area (Å²) in [5, 5.41) is 0. The summed E-state index contributed by atoms with van der Waals surface area (Å²) in [7, 11) is 0. The number of unbranched alkanes of at least 4 members (excludes halogenated alkanes) is 10. The number of halogens is 1. The van der Waals surface area contributed by atoms with Gasteiger partial charge in [0.05, 0.1) is 17.4 Å². The fourth-order valence-corrected chi connectivity index (χ4v) is 4.03. The molecule has 0 atom stereocenters. The molecule has 2 aromatic rings. The van der Waals surface area contributed by atoms with Gasteiger partial charge in [-0.3, -0.25) is 0 Å². The van der Waals surface area contributed by atoms with E-state index in [2.05, 4.69) is 28.3 Å². The van der Waals surface area contributed by atoms with Crippen molar-refractivity contribution >= 4 is 11.0 Å². The third-order valence-electron chi connectivity index (χ3n) is 5.90. The Morgan fingerprint density at radius 3 is 2.00 bits per heavy atom. The van der Waals surface area contributed by atoms with Crippen LogP contribution in [-0.2, 0) is 6.54 Å². The Bertz CT molecular complexity index is 651. The minimum Gasteiger partial charge on any atom is -0.329 e. The standard InChI is InChI=1S/C25H42FN3/c1-3-5-7-9-11-13-17-28(18-14-12-10-8-6-4-2)19-20-29-22-27-24-21-23(26)15-16-25(24)29/h15-16,21-22H,3-14,17-20H2,1-2H3. The molecule has 0 spiro atoms. The number of aromatic nitrogens is 2. The summed E-state index contributed by atoms with van der Waals surface area (Å²) >= 11 is 0. The molecule has 0 saturated heterocycles. The topological polar surface area (TPSA) is 21.1 Å². The van der Waals surface area contributed by atoms with Gasteiger partial charge in [0.15, 0.2) is 0 Å². The lowest BCUT2D eigenvalue weighted by Gasteiger charge is -2.23. The maximum atomic E-state index is 13.4. The Kier molecular flexibility index (Phi) is 12.0. The fraction of sp³-hybridized carbons (Fsp3) is 0.720. The molecule has 0 aliphatic carbocycles. The van der Waals surface area contributed by atoms with Crippen LogP contribution in [0.15, 0.2) is 24.5 Å². The van der Waals surface area contributed by atoms with Gasteiger partial charge in [-0.2, -0.15) is 0 Å². The van der Waals surface area contributed by atoms with Crippen molar-refractivity contribution in [2.24, 2.45) is 0 Å². The summed E-state index contributed by atoms with van der Waals surface area (Å²) < 4.78 is 15.6. The van der Waals surface area contributed by atoms with Crippen molar-refractivity contribution in [1.82, 2.24) is 14.5 Å². The minimum atomic E-state index is -0.212. The lowest BCUT2D eigenvalue weighted by molar-refractivity contribution is 0.251.